The Morgan fingerprint density at radius 3 is 1.36 bits per heavy atom. The number of nitrogen functional groups attached to an aromatic ring is 1. The van der Waals surface area contributed by atoms with Gasteiger partial charge in [0.1, 0.15) is 53.3 Å². The van der Waals surface area contributed by atoms with Gasteiger partial charge < -0.3 is 41.6 Å². The number of anilines is 6. The molecule has 85 heavy (non-hydrogen) atoms. The first-order valence-electron chi connectivity index (χ1n) is 25.1. The third-order valence-electron chi connectivity index (χ3n) is 11.9. The van der Waals surface area contributed by atoms with E-state index in [9.17, 15) is 20.1 Å². The van der Waals surface area contributed by atoms with Crippen molar-refractivity contribution in [3.63, 3.8) is 0 Å². The second-order valence-electron chi connectivity index (χ2n) is 18.1. The summed E-state index contributed by atoms with van der Waals surface area (Å²) in [5.41, 5.74) is 16.9. The zero-order valence-electron chi connectivity index (χ0n) is 45.9. The summed E-state index contributed by atoms with van der Waals surface area (Å²) < 4.78 is 21.2. The number of para-hydroxylation sites is 3. The molecule has 0 saturated heterocycles. The summed E-state index contributed by atoms with van der Waals surface area (Å²) in [7, 11) is 10.1. The van der Waals surface area contributed by atoms with Crippen LogP contribution in [0, 0.1) is 45.8 Å². The van der Waals surface area contributed by atoms with E-state index in [0.717, 1.165) is 36.8 Å². The molecular weight excluding hydrogens is 1150 g/mol. The summed E-state index contributed by atoms with van der Waals surface area (Å²) in [6.45, 7) is 0. The van der Waals surface area contributed by atoms with Crippen molar-refractivity contribution in [2.24, 2.45) is 38.7 Å². The van der Waals surface area contributed by atoms with Crippen molar-refractivity contribution in [1.29, 1.82) is 15.8 Å². The molecule has 0 spiro atoms. The number of aryl methyl sites for hydroxylation is 3. The molecule has 11 rings (SSSR count). The lowest BCUT2D eigenvalue weighted by Gasteiger charge is -2.15. The van der Waals surface area contributed by atoms with Crippen LogP contribution in [0.5, 0.6) is 17.2 Å². The molecule has 2 aliphatic rings. The van der Waals surface area contributed by atoms with Gasteiger partial charge in [0.25, 0.3) is 0 Å². The Hall–Kier alpha value is -10.4. The second-order valence-corrected chi connectivity index (χ2v) is 19.3. The zero-order chi connectivity index (χ0) is 60.5. The van der Waals surface area contributed by atoms with Crippen molar-refractivity contribution in [2.75, 3.05) is 43.0 Å². The number of primary amides is 1. The largest absolute Gasteiger partial charge is 0.494 e. The minimum Gasteiger partial charge on any atom is -0.494 e. The number of amides is 2. The van der Waals surface area contributed by atoms with Gasteiger partial charge in [0.15, 0.2) is 34.7 Å². The molecule has 0 radical (unpaired) electrons. The molecule has 7 N–H and O–H groups in total. The van der Waals surface area contributed by atoms with Crippen molar-refractivity contribution >= 4 is 80.9 Å². The molecule has 25 nitrogen and oxygen atoms in total. The van der Waals surface area contributed by atoms with E-state index in [4.69, 9.17) is 65.7 Å². The first-order chi connectivity index (χ1) is 40.5. The number of carbonyl (C=O) groups excluding carboxylic acids is 2. The van der Waals surface area contributed by atoms with E-state index < -0.39 is 0 Å². The topological polar surface area (TPSA) is 352 Å². The fraction of sp³-hybridized carbons (Fsp3) is 0.228. The Morgan fingerprint density at radius 2 is 0.976 bits per heavy atom. The normalized spacial score (nSPS) is 11.6. The lowest BCUT2D eigenvalue weighted by Crippen LogP contribution is -2.14. The lowest BCUT2D eigenvalue weighted by atomic mass is 10.1. The van der Waals surface area contributed by atoms with Gasteiger partial charge in [0, 0.05) is 63.7 Å². The van der Waals surface area contributed by atoms with Crippen LogP contribution in [-0.4, -0.2) is 92.4 Å². The third-order valence-corrected chi connectivity index (χ3v) is 12.6. The van der Waals surface area contributed by atoms with Crippen molar-refractivity contribution in [3.05, 3.63) is 142 Å². The molecule has 6 aromatic heterocycles. The molecule has 2 amide bonds. The highest BCUT2D eigenvalue weighted by atomic mass is 35.5. The molecule has 2 fully saturated rings. The Kier molecular flexibility index (Phi) is 22.6. The number of nitrogens with zero attached hydrogens (tertiary/aromatic N) is 15. The first kappa shape index (κ1) is 63.8. The van der Waals surface area contributed by atoms with Gasteiger partial charge >= 0.3 is 0 Å². The van der Waals surface area contributed by atoms with E-state index in [2.05, 4.69) is 73.3 Å². The quantitative estimate of drug-likeness (QED) is 0.0529. The average molecular weight is 1210 g/mol. The Morgan fingerprint density at radius 1 is 0.565 bits per heavy atom. The van der Waals surface area contributed by atoms with Gasteiger partial charge in [-0.1, -0.05) is 60.4 Å². The monoisotopic (exact) mass is 1210 g/mol. The maximum Gasteiger partial charge on any atom is 0.228 e. The molecule has 2 aliphatic carbocycles. The average Bonchev–Trinajstić information content (AvgIpc) is 4.51. The predicted octanol–water partition coefficient (Wildman–Crippen LogP) is 9.85. The number of nitrogens with one attached hydrogen (secondary N) is 3. The van der Waals surface area contributed by atoms with Crippen LogP contribution in [0.4, 0.5) is 34.3 Å². The number of pyridine rings is 3. The minimum atomic E-state index is -0.130. The molecule has 3 aromatic carbocycles. The summed E-state index contributed by atoms with van der Waals surface area (Å²) in [5.74, 6) is 3.94. The summed E-state index contributed by atoms with van der Waals surface area (Å²) in [5, 5.41) is 50.0. The standard InChI is InChI=1S/C20H19N7O2.C16H13ClN6O.C10H12N4O.C6H2Cl2N2.C4H7NO.CH4/c1-27-11-23-19(26-27)14-4-3-5-15(18(14)29-2)24-16-8-17(22-10-13(16)9-21)25-20(28)12-6-7-12;1-23-9-20-16(22-23)11-4-3-5-12(15(11)24-2)21-13-6-14(17)19-8-10(13)7-18;1-14-6-12-10(13-14)7-4-3-5-8(11)9(7)15-2;7-5-1-6(8)10-3-4(5)2-9;5-4(6)3-1-2-3;/h3-5,8,10-12H,6-7H2,1-2H3,(H2,22,24,25,28);3-6,8-9H,1-2H3,(H,19,21);3-6H,11H2,1-2H3;1,3H;3H,1-2H2,(H2,5,6);1H4. The Bertz CT molecular complexity index is 3930. The highest BCUT2D eigenvalue weighted by molar-refractivity contribution is 6.34. The van der Waals surface area contributed by atoms with E-state index in [0.29, 0.717) is 101 Å². The Labute approximate surface area is 504 Å². The van der Waals surface area contributed by atoms with E-state index in [1.165, 1.54) is 24.7 Å². The Balaban J connectivity index is 0.000000185. The molecule has 436 valence electrons. The summed E-state index contributed by atoms with van der Waals surface area (Å²) >= 11 is 17.0. The van der Waals surface area contributed by atoms with Gasteiger partial charge in [0.05, 0.1) is 88.2 Å². The van der Waals surface area contributed by atoms with Crippen molar-refractivity contribution in [1.82, 2.24) is 59.2 Å². The van der Waals surface area contributed by atoms with Crippen LogP contribution >= 0.6 is 34.8 Å². The van der Waals surface area contributed by atoms with Gasteiger partial charge in [0.2, 0.25) is 11.8 Å². The summed E-state index contributed by atoms with van der Waals surface area (Å²) in [6.07, 6.45) is 12.9. The predicted molar refractivity (Wildman–Crippen MR) is 322 cm³/mol. The molecular formula is C57H57Cl3N20O5. The van der Waals surface area contributed by atoms with Crippen LogP contribution in [0.25, 0.3) is 34.2 Å². The molecule has 2 saturated carbocycles. The number of benzene rings is 3. The number of carbonyl (C=O) groups is 2. The molecule has 6 heterocycles. The third kappa shape index (κ3) is 17.3. The highest BCUT2D eigenvalue weighted by Crippen LogP contribution is 2.39. The van der Waals surface area contributed by atoms with E-state index in [1.54, 1.807) is 86.7 Å². The first-order valence-corrected chi connectivity index (χ1v) is 26.3. The number of halogens is 3. The maximum atomic E-state index is 12.0. The summed E-state index contributed by atoms with van der Waals surface area (Å²) in [6, 6.07) is 27.3. The van der Waals surface area contributed by atoms with Crippen LogP contribution in [0.3, 0.4) is 0 Å². The van der Waals surface area contributed by atoms with Crippen LogP contribution < -0.4 is 41.6 Å². The number of ether oxygens (including phenoxy) is 3. The molecule has 9 aromatic rings. The van der Waals surface area contributed by atoms with E-state index >= 15 is 0 Å². The van der Waals surface area contributed by atoms with Crippen LogP contribution in [0.2, 0.25) is 15.3 Å². The van der Waals surface area contributed by atoms with E-state index in [-0.39, 0.29) is 36.2 Å². The highest BCUT2D eigenvalue weighted by Gasteiger charge is 2.30. The number of nitrogens with two attached hydrogens (primary N) is 2. The molecule has 0 unspecified atom stereocenters. The lowest BCUT2D eigenvalue weighted by molar-refractivity contribution is -0.119. The van der Waals surface area contributed by atoms with Crippen molar-refractivity contribution < 1.29 is 23.8 Å². The van der Waals surface area contributed by atoms with Gasteiger partial charge in [-0.3, -0.25) is 23.6 Å². The van der Waals surface area contributed by atoms with Crippen LogP contribution in [-0.2, 0) is 30.7 Å². The number of methoxy groups -OCH3 is 3. The van der Waals surface area contributed by atoms with Crippen LogP contribution in [0.1, 0.15) is 49.8 Å². The maximum absolute atomic E-state index is 12.0. The van der Waals surface area contributed by atoms with Crippen LogP contribution in [0.15, 0.2) is 110 Å². The second kappa shape index (κ2) is 30.1. The fourth-order valence-corrected chi connectivity index (χ4v) is 8.04. The number of rotatable bonds is 13. The van der Waals surface area contributed by atoms with Gasteiger partial charge in [-0.25, -0.2) is 29.9 Å². The SMILES string of the molecule is C.COc1c(N)cccc1-c1ncn(C)n1.COc1c(Nc2cc(Cl)ncc2C#N)cccc1-c1ncn(C)n1.COc1c(Nc2cc(NC(=O)C3CC3)ncc2C#N)cccc1-c1ncn(C)n1.N#Cc1cnc(Cl)cc1Cl.NC(=O)C1CC1. The fourth-order valence-electron chi connectivity index (χ4n) is 7.47. The molecule has 0 aliphatic heterocycles. The minimum absolute atomic E-state index is 0. The van der Waals surface area contributed by atoms with E-state index in [1.807, 2.05) is 61.6 Å². The number of nitriles is 3. The van der Waals surface area contributed by atoms with Gasteiger partial charge in [-0.15, -0.1) is 0 Å². The van der Waals surface area contributed by atoms with Crippen molar-refractivity contribution in [2.45, 2.75) is 33.1 Å². The van der Waals surface area contributed by atoms with Crippen molar-refractivity contribution in [3.8, 4) is 69.6 Å². The number of aromatic nitrogens is 12. The van der Waals surface area contributed by atoms with Gasteiger partial charge in [-0.05, 0) is 68.1 Å². The smallest absolute Gasteiger partial charge is 0.228 e. The molecule has 0 atom stereocenters. The van der Waals surface area contributed by atoms with Gasteiger partial charge in [-0.2, -0.15) is 31.1 Å². The molecule has 0 bridgehead atoms. The number of hydrogen-bond acceptors (Lipinski definition) is 20. The molecule has 28 heteroatoms. The number of hydrogen-bond donors (Lipinski definition) is 5. The zero-order valence-corrected chi connectivity index (χ0v) is 48.2. The summed E-state index contributed by atoms with van der Waals surface area (Å²) in [4.78, 5) is 46.4.